The van der Waals surface area contributed by atoms with Crippen molar-refractivity contribution in [3.63, 3.8) is 0 Å². The maximum atomic E-state index is 4.79. The topological polar surface area (TPSA) is 50.7 Å². The maximum absolute atomic E-state index is 4.79. The van der Waals surface area contributed by atoms with Crippen LogP contribution in [0.5, 0.6) is 0 Å². The molecule has 0 aromatic carbocycles. The van der Waals surface area contributed by atoms with Crippen LogP contribution in [0, 0.1) is 0 Å². The highest BCUT2D eigenvalue weighted by molar-refractivity contribution is 5.54. The Morgan fingerprint density at radius 1 is 1.11 bits per heavy atom. The lowest BCUT2D eigenvalue weighted by molar-refractivity contribution is 0.451. The van der Waals surface area contributed by atoms with Gasteiger partial charge in [0.25, 0.3) is 0 Å². The minimum atomic E-state index is 0.572. The minimum absolute atomic E-state index is 0.572. The lowest BCUT2D eigenvalue weighted by Gasteiger charge is -2.19. The van der Waals surface area contributed by atoms with E-state index in [1.54, 1.807) is 12.4 Å². The zero-order valence-electron chi connectivity index (χ0n) is 10.0. The van der Waals surface area contributed by atoms with E-state index in [9.17, 15) is 0 Å². The van der Waals surface area contributed by atoms with Gasteiger partial charge < -0.3 is 5.32 Å². The molecule has 1 saturated heterocycles. The number of pyridine rings is 1. The maximum Gasteiger partial charge on any atom is 0.159 e. The summed E-state index contributed by atoms with van der Waals surface area (Å²) in [5.41, 5.74) is 3.65. The normalized spacial score (nSPS) is 24.9. The molecule has 2 atom stereocenters. The fraction of sp³-hybridized carbons (Fsp3) is 0.357. The second-order valence-corrected chi connectivity index (χ2v) is 5.06. The Balaban J connectivity index is 1.81. The Morgan fingerprint density at radius 3 is 2.83 bits per heavy atom. The quantitative estimate of drug-likeness (QED) is 0.821. The molecule has 4 nitrogen and oxygen atoms in total. The van der Waals surface area contributed by atoms with E-state index in [2.05, 4.69) is 15.3 Å². The molecule has 1 aliphatic heterocycles. The molecule has 2 aromatic heterocycles. The number of hydrogen-bond acceptors (Lipinski definition) is 4. The monoisotopic (exact) mass is 238 g/mol. The van der Waals surface area contributed by atoms with Crippen LogP contribution in [0.4, 0.5) is 0 Å². The zero-order chi connectivity index (χ0) is 11.9. The summed E-state index contributed by atoms with van der Waals surface area (Å²) in [6, 6.07) is 3.92. The van der Waals surface area contributed by atoms with Crippen LogP contribution in [-0.2, 0) is 0 Å². The highest BCUT2D eigenvalue weighted by atomic mass is 15.0. The molecule has 0 amide bonds. The number of piperidine rings is 1. The van der Waals surface area contributed by atoms with Gasteiger partial charge >= 0.3 is 0 Å². The second kappa shape index (κ2) is 3.85. The summed E-state index contributed by atoms with van der Waals surface area (Å²) in [6.07, 6.45) is 6.82. The van der Waals surface area contributed by atoms with Gasteiger partial charge in [0.2, 0.25) is 0 Å². The molecular formula is C14H14N4. The molecule has 1 aliphatic carbocycles. The summed E-state index contributed by atoms with van der Waals surface area (Å²) in [5.74, 6) is 2.01. The SMILES string of the molecule is c1cc(-c2ncc3c(n2)[C@@H]2CNCC3C2)ccn1. The molecule has 0 spiro atoms. The highest BCUT2D eigenvalue weighted by Gasteiger charge is 2.35. The molecular weight excluding hydrogens is 224 g/mol. The fourth-order valence-electron chi connectivity index (χ4n) is 3.07. The number of nitrogens with zero attached hydrogens (tertiary/aromatic N) is 3. The zero-order valence-corrected chi connectivity index (χ0v) is 10.0. The lowest BCUT2D eigenvalue weighted by Crippen LogP contribution is -2.28. The average molecular weight is 238 g/mol. The molecule has 4 rings (SSSR count). The molecule has 1 N–H and O–H groups in total. The fourth-order valence-corrected chi connectivity index (χ4v) is 3.07. The molecule has 0 saturated carbocycles. The van der Waals surface area contributed by atoms with Crippen molar-refractivity contribution >= 4 is 0 Å². The van der Waals surface area contributed by atoms with Gasteiger partial charge in [0, 0.05) is 49.1 Å². The van der Waals surface area contributed by atoms with Gasteiger partial charge in [-0.3, -0.25) is 4.98 Å². The Kier molecular flexibility index (Phi) is 2.17. The van der Waals surface area contributed by atoms with E-state index >= 15 is 0 Å². The van der Waals surface area contributed by atoms with Crippen molar-refractivity contribution in [2.45, 2.75) is 18.3 Å². The molecule has 4 heteroatoms. The molecule has 2 aliphatic rings. The molecule has 1 fully saturated rings. The van der Waals surface area contributed by atoms with Gasteiger partial charge in [0.1, 0.15) is 0 Å². The number of rotatable bonds is 1. The first-order valence-corrected chi connectivity index (χ1v) is 6.40. The van der Waals surface area contributed by atoms with Gasteiger partial charge in [0.05, 0.1) is 5.69 Å². The number of fused-ring (bicyclic) bond motifs is 5. The van der Waals surface area contributed by atoms with Gasteiger partial charge in [-0.1, -0.05) is 0 Å². The van der Waals surface area contributed by atoms with E-state index in [4.69, 9.17) is 4.98 Å². The third-order valence-electron chi connectivity index (χ3n) is 3.96. The van der Waals surface area contributed by atoms with E-state index in [-0.39, 0.29) is 0 Å². The third-order valence-corrected chi connectivity index (χ3v) is 3.96. The summed E-state index contributed by atoms with van der Waals surface area (Å²) in [5, 5.41) is 3.48. The number of hydrogen-bond donors (Lipinski definition) is 1. The largest absolute Gasteiger partial charge is 0.315 e. The predicted molar refractivity (Wildman–Crippen MR) is 68.2 cm³/mol. The van der Waals surface area contributed by atoms with Crippen LogP contribution in [0.3, 0.4) is 0 Å². The summed E-state index contributed by atoms with van der Waals surface area (Å²) in [4.78, 5) is 13.3. The molecule has 3 heterocycles. The van der Waals surface area contributed by atoms with Crippen molar-refractivity contribution in [3.05, 3.63) is 42.0 Å². The van der Waals surface area contributed by atoms with Crippen molar-refractivity contribution in [1.82, 2.24) is 20.3 Å². The van der Waals surface area contributed by atoms with E-state index in [1.807, 2.05) is 18.3 Å². The van der Waals surface area contributed by atoms with Crippen LogP contribution in [0.2, 0.25) is 0 Å². The lowest BCUT2D eigenvalue weighted by atomic mass is 9.98. The van der Waals surface area contributed by atoms with E-state index < -0.39 is 0 Å². The molecule has 2 bridgehead atoms. The summed E-state index contributed by atoms with van der Waals surface area (Å²) < 4.78 is 0. The first-order valence-electron chi connectivity index (χ1n) is 6.40. The molecule has 18 heavy (non-hydrogen) atoms. The number of nitrogens with one attached hydrogen (secondary N) is 1. The summed E-state index contributed by atoms with van der Waals surface area (Å²) in [6.45, 7) is 2.12. The molecule has 90 valence electrons. The van der Waals surface area contributed by atoms with E-state index in [1.165, 1.54) is 17.7 Å². The van der Waals surface area contributed by atoms with Crippen LogP contribution in [0.25, 0.3) is 11.4 Å². The smallest absolute Gasteiger partial charge is 0.159 e. The molecule has 2 aromatic rings. The minimum Gasteiger partial charge on any atom is -0.315 e. The van der Waals surface area contributed by atoms with Crippen molar-refractivity contribution in [3.8, 4) is 11.4 Å². The van der Waals surface area contributed by atoms with Crippen LogP contribution in [0.15, 0.2) is 30.7 Å². The second-order valence-electron chi connectivity index (χ2n) is 5.06. The van der Waals surface area contributed by atoms with Crippen molar-refractivity contribution in [2.24, 2.45) is 0 Å². The Hall–Kier alpha value is -1.81. The van der Waals surface area contributed by atoms with Gasteiger partial charge in [0.15, 0.2) is 5.82 Å². The van der Waals surface area contributed by atoms with Gasteiger partial charge in [-0.25, -0.2) is 9.97 Å². The Bertz CT molecular complexity index is 582. The molecule has 0 radical (unpaired) electrons. The Labute approximate surface area is 106 Å². The molecule has 1 unspecified atom stereocenters. The summed E-state index contributed by atoms with van der Waals surface area (Å²) >= 11 is 0. The van der Waals surface area contributed by atoms with Crippen LogP contribution in [-0.4, -0.2) is 28.0 Å². The van der Waals surface area contributed by atoms with E-state index in [0.29, 0.717) is 11.8 Å². The van der Waals surface area contributed by atoms with Crippen molar-refractivity contribution in [2.75, 3.05) is 13.1 Å². The van der Waals surface area contributed by atoms with Gasteiger partial charge in [-0.05, 0) is 24.1 Å². The predicted octanol–water partition coefficient (Wildman–Crippen LogP) is 1.71. The average Bonchev–Trinajstić information content (AvgIpc) is 2.71. The third kappa shape index (κ3) is 1.46. The van der Waals surface area contributed by atoms with Crippen LogP contribution in [0.1, 0.15) is 29.5 Å². The van der Waals surface area contributed by atoms with Crippen LogP contribution < -0.4 is 5.32 Å². The summed E-state index contributed by atoms with van der Waals surface area (Å²) in [7, 11) is 0. The van der Waals surface area contributed by atoms with Gasteiger partial charge in [-0.15, -0.1) is 0 Å². The van der Waals surface area contributed by atoms with Crippen molar-refractivity contribution in [1.29, 1.82) is 0 Å². The highest BCUT2D eigenvalue weighted by Crippen LogP contribution is 2.42. The first kappa shape index (κ1) is 10.1. The number of aromatic nitrogens is 3. The Morgan fingerprint density at radius 2 is 1.94 bits per heavy atom. The first-order chi connectivity index (χ1) is 8.92. The van der Waals surface area contributed by atoms with Crippen LogP contribution >= 0.6 is 0 Å². The standard InChI is InChI=1S/C14H14N4/c1-3-15-4-2-9(1)14-17-8-12-10-5-11(7-16-6-10)13(12)18-14/h1-4,8,10-11,16H,5-7H2/t10?,11-/m0/s1. The van der Waals surface area contributed by atoms with Crippen molar-refractivity contribution < 1.29 is 0 Å². The van der Waals surface area contributed by atoms with Gasteiger partial charge in [-0.2, -0.15) is 0 Å². The van der Waals surface area contributed by atoms with E-state index in [0.717, 1.165) is 24.5 Å².